The minimum atomic E-state index is 0. The van der Waals surface area contributed by atoms with Gasteiger partial charge in [-0.15, -0.1) is 35.7 Å². The van der Waals surface area contributed by atoms with Crippen molar-refractivity contribution in [2.75, 3.05) is 59.1 Å². The topological polar surface area (TPSA) is 42.9 Å². The molecule has 1 unspecified atom stereocenters. The summed E-state index contributed by atoms with van der Waals surface area (Å²) in [6, 6.07) is 8.51. The molecule has 0 amide bonds. The van der Waals surface area contributed by atoms with Gasteiger partial charge in [-0.05, 0) is 37.2 Å². The summed E-state index contributed by atoms with van der Waals surface area (Å²) in [6.07, 6.45) is 0. The first-order valence-corrected chi connectivity index (χ1v) is 11.1. The van der Waals surface area contributed by atoms with Crippen molar-refractivity contribution in [1.29, 1.82) is 0 Å². The van der Waals surface area contributed by atoms with Crippen molar-refractivity contribution in [1.82, 2.24) is 20.4 Å². The Kier molecular flexibility index (Phi) is 12.8. The summed E-state index contributed by atoms with van der Waals surface area (Å²) < 4.78 is 0. The van der Waals surface area contributed by atoms with Gasteiger partial charge in [0.15, 0.2) is 5.96 Å². The van der Waals surface area contributed by atoms with Crippen LogP contribution in [-0.4, -0.2) is 80.9 Å². The predicted molar refractivity (Wildman–Crippen MR) is 135 cm³/mol. The van der Waals surface area contributed by atoms with Crippen molar-refractivity contribution in [2.24, 2.45) is 10.9 Å². The molecule has 0 spiro atoms. The van der Waals surface area contributed by atoms with E-state index in [1.165, 1.54) is 4.90 Å². The van der Waals surface area contributed by atoms with Crippen molar-refractivity contribution in [2.45, 2.75) is 24.8 Å². The number of aliphatic imine (C=N–C) groups is 1. The van der Waals surface area contributed by atoms with Crippen LogP contribution in [-0.2, 0) is 0 Å². The Morgan fingerprint density at radius 3 is 2.36 bits per heavy atom. The Bertz CT molecular complexity index is 576. The molecule has 1 aliphatic heterocycles. The average molecular weight is 540 g/mol. The van der Waals surface area contributed by atoms with Crippen LogP contribution in [0.4, 0.5) is 0 Å². The molecule has 2 rings (SSSR count). The molecule has 1 saturated heterocycles. The van der Waals surface area contributed by atoms with Gasteiger partial charge in [-0.2, -0.15) is 0 Å². The number of halogens is 2. The first kappa shape index (κ1) is 25.8. The van der Waals surface area contributed by atoms with Crippen molar-refractivity contribution < 1.29 is 0 Å². The van der Waals surface area contributed by atoms with Crippen LogP contribution in [0.3, 0.4) is 0 Å². The molecule has 0 radical (unpaired) electrons. The number of hydrogen-bond acceptors (Lipinski definition) is 4. The molecular formula is C20H35ClIN5S. The van der Waals surface area contributed by atoms with Gasteiger partial charge in [-0.1, -0.05) is 25.4 Å². The van der Waals surface area contributed by atoms with E-state index >= 15 is 0 Å². The van der Waals surface area contributed by atoms with Gasteiger partial charge in [0, 0.05) is 68.0 Å². The van der Waals surface area contributed by atoms with E-state index in [2.05, 4.69) is 58.5 Å². The van der Waals surface area contributed by atoms with Crippen LogP contribution >= 0.6 is 47.3 Å². The quantitative estimate of drug-likeness (QED) is 0.174. The van der Waals surface area contributed by atoms with E-state index in [1.807, 2.05) is 30.9 Å². The van der Waals surface area contributed by atoms with Gasteiger partial charge in [0.05, 0.1) is 0 Å². The van der Waals surface area contributed by atoms with E-state index in [0.717, 1.165) is 56.0 Å². The molecule has 0 saturated carbocycles. The fourth-order valence-electron chi connectivity index (χ4n) is 3.23. The van der Waals surface area contributed by atoms with E-state index < -0.39 is 0 Å². The Morgan fingerprint density at radius 1 is 1.14 bits per heavy atom. The smallest absolute Gasteiger partial charge is 0.191 e. The fourth-order valence-corrected chi connectivity index (χ4v) is 4.13. The van der Waals surface area contributed by atoms with Crippen LogP contribution in [0.5, 0.6) is 0 Å². The standard InChI is InChI=1S/C20H34ClN5S.HI/c1-16(2)19(26-12-10-25(4)11-13-26)15-24-20(22-3)23-9-14-27-18-7-5-17(21)6-8-18;/h5-8,16,19H,9-15H2,1-4H3,(H2,22,23,24);1H. The number of nitrogens with one attached hydrogen (secondary N) is 2. The molecule has 2 N–H and O–H groups in total. The van der Waals surface area contributed by atoms with Gasteiger partial charge in [-0.3, -0.25) is 9.89 Å². The van der Waals surface area contributed by atoms with Gasteiger partial charge in [0.2, 0.25) is 0 Å². The largest absolute Gasteiger partial charge is 0.356 e. The second kappa shape index (κ2) is 13.9. The molecule has 1 heterocycles. The molecule has 0 aromatic heterocycles. The SMILES string of the molecule is CN=C(NCCSc1ccc(Cl)cc1)NCC(C(C)C)N1CCN(C)CC1.I. The van der Waals surface area contributed by atoms with Crippen molar-refractivity contribution in [3.8, 4) is 0 Å². The summed E-state index contributed by atoms with van der Waals surface area (Å²) in [5, 5.41) is 7.72. The second-order valence-electron chi connectivity index (χ2n) is 7.33. The number of likely N-dealkylation sites (N-methyl/N-ethyl adjacent to an activating group) is 1. The number of benzene rings is 1. The minimum Gasteiger partial charge on any atom is -0.356 e. The predicted octanol–water partition coefficient (Wildman–Crippen LogP) is 3.49. The third-order valence-corrected chi connectivity index (χ3v) is 6.22. The molecule has 160 valence electrons. The van der Waals surface area contributed by atoms with Gasteiger partial charge in [0.1, 0.15) is 0 Å². The van der Waals surface area contributed by atoms with Crippen LogP contribution in [0.1, 0.15) is 13.8 Å². The number of hydrogen-bond donors (Lipinski definition) is 2. The third kappa shape index (κ3) is 9.07. The zero-order valence-electron chi connectivity index (χ0n) is 17.4. The van der Waals surface area contributed by atoms with E-state index in [9.17, 15) is 0 Å². The van der Waals surface area contributed by atoms with Crippen molar-refractivity contribution in [3.05, 3.63) is 29.3 Å². The molecule has 1 fully saturated rings. The number of nitrogens with zero attached hydrogens (tertiary/aromatic N) is 3. The van der Waals surface area contributed by atoms with E-state index in [4.69, 9.17) is 11.6 Å². The summed E-state index contributed by atoms with van der Waals surface area (Å²) in [5.74, 6) is 2.47. The van der Waals surface area contributed by atoms with E-state index in [-0.39, 0.29) is 24.0 Å². The highest BCUT2D eigenvalue weighted by Crippen LogP contribution is 2.19. The summed E-state index contributed by atoms with van der Waals surface area (Å²) in [5.41, 5.74) is 0. The molecule has 1 aromatic carbocycles. The molecule has 28 heavy (non-hydrogen) atoms. The summed E-state index contributed by atoms with van der Waals surface area (Å²) in [6.45, 7) is 11.0. The van der Waals surface area contributed by atoms with Gasteiger partial charge in [-0.25, -0.2) is 0 Å². The minimum absolute atomic E-state index is 0. The fraction of sp³-hybridized carbons (Fsp3) is 0.650. The second-order valence-corrected chi connectivity index (χ2v) is 8.94. The van der Waals surface area contributed by atoms with Crippen molar-refractivity contribution in [3.63, 3.8) is 0 Å². The van der Waals surface area contributed by atoms with E-state index in [1.54, 1.807) is 0 Å². The maximum atomic E-state index is 5.93. The molecular weight excluding hydrogens is 505 g/mol. The average Bonchev–Trinajstić information content (AvgIpc) is 2.66. The van der Waals surface area contributed by atoms with Crippen LogP contribution in [0.15, 0.2) is 34.2 Å². The first-order valence-electron chi connectivity index (χ1n) is 9.75. The highest BCUT2D eigenvalue weighted by molar-refractivity contribution is 14.0. The lowest BCUT2D eigenvalue weighted by Gasteiger charge is -2.40. The molecule has 1 aromatic rings. The normalized spacial score (nSPS) is 17.3. The highest BCUT2D eigenvalue weighted by Gasteiger charge is 2.24. The van der Waals surface area contributed by atoms with Crippen LogP contribution < -0.4 is 10.6 Å². The number of piperazine rings is 1. The molecule has 5 nitrogen and oxygen atoms in total. The Balaban J connectivity index is 0.00000392. The van der Waals surface area contributed by atoms with Crippen LogP contribution in [0.2, 0.25) is 5.02 Å². The lowest BCUT2D eigenvalue weighted by Crippen LogP contribution is -2.55. The summed E-state index contributed by atoms with van der Waals surface area (Å²) in [4.78, 5) is 10.6. The maximum Gasteiger partial charge on any atom is 0.191 e. The Labute approximate surface area is 197 Å². The number of guanidine groups is 1. The Hall–Kier alpha value is -0.220. The lowest BCUT2D eigenvalue weighted by atomic mass is 10.0. The monoisotopic (exact) mass is 539 g/mol. The lowest BCUT2D eigenvalue weighted by molar-refractivity contribution is 0.0900. The van der Waals surface area contributed by atoms with Crippen molar-refractivity contribution >= 4 is 53.3 Å². The van der Waals surface area contributed by atoms with Crippen LogP contribution in [0, 0.1) is 5.92 Å². The first-order chi connectivity index (χ1) is 13.0. The maximum absolute atomic E-state index is 5.93. The van der Waals surface area contributed by atoms with E-state index in [0.29, 0.717) is 12.0 Å². The van der Waals surface area contributed by atoms with Gasteiger partial charge < -0.3 is 15.5 Å². The van der Waals surface area contributed by atoms with Gasteiger partial charge in [0.25, 0.3) is 0 Å². The highest BCUT2D eigenvalue weighted by atomic mass is 127. The molecule has 1 aliphatic rings. The third-order valence-electron chi connectivity index (χ3n) is 4.96. The summed E-state index contributed by atoms with van der Waals surface area (Å²) >= 11 is 7.74. The summed E-state index contributed by atoms with van der Waals surface area (Å²) in [7, 11) is 4.04. The molecule has 0 aliphatic carbocycles. The molecule has 0 bridgehead atoms. The number of rotatable bonds is 8. The zero-order chi connectivity index (χ0) is 19.6. The zero-order valence-corrected chi connectivity index (χ0v) is 21.4. The number of thioether (sulfide) groups is 1. The van der Waals surface area contributed by atoms with Crippen LogP contribution in [0.25, 0.3) is 0 Å². The van der Waals surface area contributed by atoms with Gasteiger partial charge >= 0.3 is 0 Å². The molecule has 8 heteroatoms. The Morgan fingerprint density at radius 2 is 1.79 bits per heavy atom. The molecule has 1 atom stereocenters.